The molecule has 1 aromatic rings. The van der Waals surface area contributed by atoms with Crippen molar-refractivity contribution in [3.8, 4) is 0 Å². The average Bonchev–Trinajstić information content (AvgIpc) is 2.21. The quantitative estimate of drug-likeness (QED) is 0.845. The minimum Gasteiger partial charge on any atom is -0.395 e. The summed E-state index contributed by atoms with van der Waals surface area (Å²) in [6.45, 7) is 6.37. The Morgan fingerprint density at radius 1 is 1.29 bits per heavy atom. The molecule has 17 heavy (non-hydrogen) atoms. The number of aryl methyl sites for hydroxylation is 2. The smallest absolute Gasteiger partial charge is 0.0558 e. The van der Waals surface area contributed by atoms with Crippen LogP contribution in [0.15, 0.2) is 18.2 Å². The third kappa shape index (κ3) is 3.08. The van der Waals surface area contributed by atoms with Crippen LogP contribution in [-0.4, -0.2) is 29.2 Å². The highest BCUT2D eigenvalue weighted by molar-refractivity contribution is 5.30. The number of hydrogen-bond acceptors (Lipinski definition) is 2. The third-order valence-electron chi connectivity index (χ3n) is 3.86. The zero-order valence-electron chi connectivity index (χ0n) is 10.9. The molecule has 2 rings (SSSR count). The molecule has 1 fully saturated rings. The van der Waals surface area contributed by atoms with Crippen LogP contribution >= 0.6 is 0 Å². The molecule has 1 saturated carbocycles. The molecule has 0 aliphatic heterocycles. The van der Waals surface area contributed by atoms with Crippen LogP contribution < -0.4 is 0 Å². The molecule has 1 aromatic carbocycles. The Morgan fingerprint density at radius 2 is 2.06 bits per heavy atom. The van der Waals surface area contributed by atoms with Crippen LogP contribution in [0.1, 0.15) is 36.0 Å². The van der Waals surface area contributed by atoms with Crippen LogP contribution in [0.2, 0.25) is 0 Å². The van der Waals surface area contributed by atoms with Gasteiger partial charge in [-0.15, -0.1) is 0 Å². The van der Waals surface area contributed by atoms with Gasteiger partial charge in [0.25, 0.3) is 0 Å². The van der Waals surface area contributed by atoms with Crippen molar-refractivity contribution in [2.75, 3.05) is 13.2 Å². The number of aliphatic hydroxyl groups is 1. The number of aliphatic hydroxyl groups excluding tert-OH is 1. The Bertz CT molecular complexity index is 371. The number of hydrogen-bond donors (Lipinski definition) is 1. The molecule has 2 heteroatoms. The molecule has 1 aliphatic rings. The minimum atomic E-state index is 0.265. The van der Waals surface area contributed by atoms with Gasteiger partial charge in [0.05, 0.1) is 6.61 Å². The van der Waals surface area contributed by atoms with Gasteiger partial charge in [-0.3, -0.25) is 4.90 Å². The zero-order chi connectivity index (χ0) is 12.3. The summed E-state index contributed by atoms with van der Waals surface area (Å²) >= 11 is 0. The van der Waals surface area contributed by atoms with Crippen molar-refractivity contribution in [3.63, 3.8) is 0 Å². The van der Waals surface area contributed by atoms with Crippen molar-refractivity contribution in [1.82, 2.24) is 4.90 Å². The highest BCUT2D eigenvalue weighted by Gasteiger charge is 2.24. The monoisotopic (exact) mass is 233 g/mol. The molecular formula is C15H23NO. The van der Waals surface area contributed by atoms with Crippen LogP contribution in [0, 0.1) is 13.8 Å². The second-order valence-corrected chi connectivity index (χ2v) is 5.21. The molecule has 2 nitrogen and oxygen atoms in total. The predicted octanol–water partition coefficient (Wildman–Crippen LogP) is 2.65. The standard InChI is InChI=1S/C15H23NO/c1-12-6-7-13(2)14(10-12)11-16(8-9-17)15-4-3-5-15/h6-7,10,15,17H,3-5,8-9,11H2,1-2H3. The number of benzene rings is 1. The molecule has 0 aromatic heterocycles. The van der Waals surface area contributed by atoms with Gasteiger partial charge in [-0.05, 0) is 37.8 Å². The maximum absolute atomic E-state index is 9.17. The maximum Gasteiger partial charge on any atom is 0.0558 e. The predicted molar refractivity (Wildman–Crippen MR) is 71.1 cm³/mol. The Balaban J connectivity index is 2.07. The Hall–Kier alpha value is -0.860. The lowest BCUT2D eigenvalue weighted by molar-refractivity contribution is 0.0944. The van der Waals surface area contributed by atoms with E-state index < -0.39 is 0 Å². The van der Waals surface area contributed by atoms with E-state index in [2.05, 4.69) is 36.9 Å². The van der Waals surface area contributed by atoms with Crippen molar-refractivity contribution >= 4 is 0 Å². The molecule has 0 radical (unpaired) electrons. The highest BCUT2D eigenvalue weighted by atomic mass is 16.3. The highest BCUT2D eigenvalue weighted by Crippen LogP contribution is 2.26. The minimum absolute atomic E-state index is 0.265. The molecule has 0 amide bonds. The lowest BCUT2D eigenvalue weighted by Gasteiger charge is -2.37. The van der Waals surface area contributed by atoms with Crippen LogP contribution in [0.3, 0.4) is 0 Å². The van der Waals surface area contributed by atoms with E-state index in [-0.39, 0.29) is 6.61 Å². The SMILES string of the molecule is Cc1ccc(C)c(CN(CCO)C2CCC2)c1. The lowest BCUT2D eigenvalue weighted by Crippen LogP contribution is -2.41. The van der Waals surface area contributed by atoms with E-state index in [1.165, 1.54) is 36.0 Å². The molecule has 0 bridgehead atoms. The van der Waals surface area contributed by atoms with Gasteiger partial charge in [-0.1, -0.05) is 30.2 Å². The molecule has 1 aliphatic carbocycles. The Kier molecular flexibility index (Phi) is 4.19. The summed E-state index contributed by atoms with van der Waals surface area (Å²) in [5, 5.41) is 9.17. The van der Waals surface area contributed by atoms with Crippen molar-refractivity contribution in [2.24, 2.45) is 0 Å². The zero-order valence-corrected chi connectivity index (χ0v) is 10.9. The molecule has 0 heterocycles. The fraction of sp³-hybridized carbons (Fsp3) is 0.600. The van der Waals surface area contributed by atoms with Crippen LogP contribution in [0.4, 0.5) is 0 Å². The molecule has 94 valence electrons. The Morgan fingerprint density at radius 3 is 2.65 bits per heavy atom. The van der Waals surface area contributed by atoms with E-state index in [0.29, 0.717) is 6.04 Å². The lowest BCUT2D eigenvalue weighted by atomic mass is 9.90. The van der Waals surface area contributed by atoms with Crippen molar-refractivity contribution < 1.29 is 5.11 Å². The van der Waals surface area contributed by atoms with Gasteiger partial charge >= 0.3 is 0 Å². The van der Waals surface area contributed by atoms with Gasteiger partial charge in [0.2, 0.25) is 0 Å². The molecule has 0 atom stereocenters. The first kappa shape index (κ1) is 12.6. The summed E-state index contributed by atoms with van der Waals surface area (Å²) in [5.74, 6) is 0. The first-order chi connectivity index (χ1) is 8.20. The van der Waals surface area contributed by atoms with E-state index in [0.717, 1.165) is 13.1 Å². The van der Waals surface area contributed by atoms with Gasteiger partial charge in [0.15, 0.2) is 0 Å². The first-order valence-electron chi connectivity index (χ1n) is 6.61. The van der Waals surface area contributed by atoms with Gasteiger partial charge in [-0.25, -0.2) is 0 Å². The summed E-state index contributed by atoms with van der Waals surface area (Å²) in [7, 11) is 0. The fourth-order valence-electron chi connectivity index (χ4n) is 2.46. The topological polar surface area (TPSA) is 23.5 Å². The van der Waals surface area contributed by atoms with Gasteiger partial charge in [0.1, 0.15) is 0 Å². The summed E-state index contributed by atoms with van der Waals surface area (Å²) < 4.78 is 0. The molecule has 1 N–H and O–H groups in total. The number of rotatable bonds is 5. The average molecular weight is 233 g/mol. The molecule has 0 spiro atoms. The first-order valence-corrected chi connectivity index (χ1v) is 6.61. The largest absolute Gasteiger partial charge is 0.395 e. The van der Waals surface area contributed by atoms with Gasteiger partial charge in [-0.2, -0.15) is 0 Å². The van der Waals surface area contributed by atoms with E-state index in [1.807, 2.05) is 0 Å². The summed E-state index contributed by atoms with van der Waals surface area (Å²) in [5.41, 5.74) is 4.09. The van der Waals surface area contributed by atoms with Crippen LogP contribution in [0.5, 0.6) is 0 Å². The van der Waals surface area contributed by atoms with Gasteiger partial charge < -0.3 is 5.11 Å². The number of nitrogens with zero attached hydrogens (tertiary/aromatic N) is 1. The van der Waals surface area contributed by atoms with Gasteiger partial charge in [0, 0.05) is 19.1 Å². The fourth-order valence-corrected chi connectivity index (χ4v) is 2.46. The van der Waals surface area contributed by atoms with Crippen molar-refractivity contribution in [3.05, 3.63) is 34.9 Å². The maximum atomic E-state index is 9.17. The van der Waals surface area contributed by atoms with Crippen molar-refractivity contribution in [1.29, 1.82) is 0 Å². The van der Waals surface area contributed by atoms with Crippen LogP contribution in [-0.2, 0) is 6.54 Å². The van der Waals surface area contributed by atoms with E-state index in [4.69, 9.17) is 5.11 Å². The molecular weight excluding hydrogens is 210 g/mol. The second-order valence-electron chi connectivity index (χ2n) is 5.21. The van der Waals surface area contributed by atoms with Crippen molar-refractivity contribution in [2.45, 2.75) is 45.7 Å². The normalized spacial score (nSPS) is 16.2. The van der Waals surface area contributed by atoms with E-state index in [9.17, 15) is 0 Å². The summed E-state index contributed by atoms with van der Waals surface area (Å²) in [6.07, 6.45) is 3.94. The summed E-state index contributed by atoms with van der Waals surface area (Å²) in [6, 6.07) is 7.33. The third-order valence-corrected chi connectivity index (χ3v) is 3.86. The van der Waals surface area contributed by atoms with Crippen LogP contribution in [0.25, 0.3) is 0 Å². The van der Waals surface area contributed by atoms with E-state index in [1.54, 1.807) is 0 Å². The Labute approximate surface area is 104 Å². The van der Waals surface area contributed by atoms with E-state index >= 15 is 0 Å². The molecule has 0 unspecified atom stereocenters. The second kappa shape index (κ2) is 5.65. The molecule has 0 saturated heterocycles. The summed E-state index contributed by atoms with van der Waals surface area (Å²) in [4.78, 5) is 2.44.